The number of nitrogens with one attached hydrogen (secondary N) is 2. The number of piperidine rings is 3. The summed E-state index contributed by atoms with van der Waals surface area (Å²) in [5.74, 6) is -4.48. The van der Waals surface area contributed by atoms with Crippen LogP contribution in [0.25, 0.3) is 0 Å². The number of alkyl halides is 2. The average Bonchev–Trinajstić information content (AvgIpc) is 3.37. The SMILES string of the molecule is O=C1CCC(N2Cc3cc([C@@H]4CCN(Cc5ccc(N6CCC(Nc7ncc(Cl)cn7)CC6)cc5)CC4(F)F)ccc3C2=O)C(=O)N1. The van der Waals surface area contributed by atoms with E-state index in [0.717, 1.165) is 37.2 Å². The molecule has 2 atom stereocenters. The third-order valence-corrected chi connectivity index (χ3v) is 9.98. The van der Waals surface area contributed by atoms with Crippen LogP contribution >= 0.6 is 11.6 Å². The van der Waals surface area contributed by atoms with Crippen LogP contribution in [0.4, 0.5) is 20.4 Å². The summed E-state index contributed by atoms with van der Waals surface area (Å²) in [6, 6.07) is 12.7. The third-order valence-electron chi connectivity index (χ3n) is 9.78. The molecule has 3 fully saturated rings. The first-order chi connectivity index (χ1) is 22.6. The Morgan fingerprint density at radius 2 is 1.70 bits per heavy atom. The van der Waals surface area contributed by atoms with Gasteiger partial charge in [0, 0.05) is 49.9 Å². The molecule has 2 aromatic carbocycles. The summed E-state index contributed by atoms with van der Waals surface area (Å²) in [6.07, 6.45) is 5.75. The Bertz CT molecular complexity index is 1670. The molecule has 246 valence electrons. The van der Waals surface area contributed by atoms with Gasteiger partial charge in [0.15, 0.2) is 0 Å². The minimum Gasteiger partial charge on any atom is -0.371 e. The molecule has 3 saturated heterocycles. The lowest BCUT2D eigenvalue weighted by Crippen LogP contribution is -2.52. The number of benzene rings is 2. The summed E-state index contributed by atoms with van der Waals surface area (Å²) >= 11 is 5.88. The quantitative estimate of drug-likeness (QED) is 0.353. The Kier molecular flexibility index (Phi) is 8.56. The summed E-state index contributed by atoms with van der Waals surface area (Å²) in [4.78, 5) is 51.0. The fourth-order valence-electron chi connectivity index (χ4n) is 7.29. The van der Waals surface area contributed by atoms with Crippen molar-refractivity contribution in [2.75, 3.05) is 36.4 Å². The molecule has 0 spiro atoms. The van der Waals surface area contributed by atoms with Gasteiger partial charge in [0.1, 0.15) is 6.04 Å². The van der Waals surface area contributed by atoms with Crippen molar-refractivity contribution in [3.8, 4) is 0 Å². The van der Waals surface area contributed by atoms with Crippen LogP contribution in [0.3, 0.4) is 0 Å². The fourth-order valence-corrected chi connectivity index (χ4v) is 7.39. The average molecular weight is 664 g/mol. The van der Waals surface area contributed by atoms with E-state index in [1.165, 1.54) is 4.90 Å². The van der Waals surface area contributed by atoms with E-state index in [4.69, 9.17) is 11.6 Å². The molecule has 0 bridgehead atoms. The van der Waals surface area contributed by atoms with Gasteiger partial charge in [-0.15, -0.1) is 0 Å². The van der Waals surface area contributed by atoms with Gasteiger partial charge >= 0.3 is 0 Å². The van der Waals surface area contributed by atoms with Crippen LogP contribution in [-0.2, 0) is 22.7 Å². The number of likely N-dealkylation sites (tertiary alicyclic amines) is 1. The number of carbonyl (C=O) groups is 3. The van der Waals surface area contributed by atoms with E-state index in [2.05, 4.69) is 37.6 Å². The van der Waals surface area contributed by atoms with Gasteiger partial charge in [0.25, 0.3) is 11.8 Å². The van der Waals surface area contributed by atoms with Gasteiger partial charge in [-0.1, -0.05) is 35.9 Å². The number of hydrogen-bond donors (Lipinski definition) is 2. The summed E-state index contributed by atoms with van der Waals surface area (Å²) in [5.41, 5.74) is 3.69. The smallest absolute Gasteiger partial charge is 0.267 e. The zero-order valence-corrected chi connectivity index (χ0v) is 26.6. The summed E-state index contributed by atoms with van der Waals surface area (Å²) < 4.78 is 31.3. The van der Waals surface area contributed by atoms with Crippen LogP contribution in [0.1, 0.15) is 65.1 Å². The summed E-state index contributed by atoms with van der Waals surface area (Å²) in [7, 11) is 0. The molecule has 13 heteroatoms. The molecule has 0 aliphatic carbocycles. The number of halogens is 3. The molecule has 2 N–H and O–H groups in total. The van der Waals surface area contributed by atoms with Gasteiger partial charge in [0.2, 0.25) is 17.8 Å². The summed E-state index contributed by atoms with van der Waals surface area (Å²) in [5, 5.41) is 6.17. The maximum absolute atomic E-state index is 15.7. The van der Waals surface area contributed by atoms with Gasteiger partial charge < -0.3 is 15.1 Å². The van der Waals surface area contributed by atoms with Gasteiger partial charge in [0.05, 0.1) is 29.9 Å². The van der Waals surface area contributed by atoms with Gasteiger partial charge in [-0.05, 0) is 67.1 Å². The van der Waals surface area contributed by atoms with E-state index in [1.807, 2.05) is 17.0 Å². The highest BCUT2D eigenvalue weighted by molar-refractivity contribution is 6.30. The van der Waals surface area contributed by atoms with Crippen molar-refractivity contribution < 1.29 is 23.2 Å². The van der Waals surface area contributed by atoms with Gasteiger partial charge in [-0.2, -0.15) is 0 Å². The molecule has 47 heavy (non-hydrogen) atoms. The second-order valence-corrected chi connectivity index (χ2v) is 13.4. The van der Waals surface area contributed by atoms with E-state index < -0.39 is 23.8 Å². The lowest BCUT2D eigenvalue weighted by molar-refractivity contribution is -0.136. The highest BCUT2D eigenvalue weighted by Crippen LogP contribution is 2.42. The first-order valence-electron chi connectivity index (χ1n) is 16.1. The van der Waals surface area contributed by atoms with Gasteiger partial charge in [-0.3, -0.25) is 24.6 Å². The maximum atomic E-state index is 15.7. The molecule has 4 aliphatic rings. The lowest BCUT2D eigenvalue weighted by atomic mass is 9.85. The number of nitrogens with zero attached hydrogens (tertiary/aromatic N) is 5. The lowest BCUT2D eigenvalue weighted by Gasteiger charge is -2.39. The van der Waals surface area contributed by atoms with Crippen LogP contribution in [0.2, 0.25) is 5.02 Å². The Hall–Kier alpha value is -4.16. The van der Waals surface area contributed by atoms with Crippen LogP contribution in [0.15, 0.2) is 54.9 Å². The maximum Gasteiger partial charge on any atom is 0.267 e. The minimum atomic E-state index is -2.95. The van der Waals surface area contributed by atoms with Crippen LogP contribution in [-0.4, -0.2) is 81.7 Å². The van der Waals surface area contributed by atoms with Crippen molar-refractivity contribution in [3.05, 3.63) is 82.1 Å². The largest absolute Gasteiger partial charge is 0.371 e. The van der Waals surface area contributed by atoms with E-state index in [1.54, 1.807) is 30.6 Å². The second kappa shape index (κ2) is 12.8. The number of hydrogen-bond acceptors (Lipinski definition) is 8. The van der Waals surface area contributed by atoms with Crippen LogP contribution in [0, 0.1) is 0 Å². The molecule has 1 aromatic heterocycles. The Balaban J connectivity index is 0.925. The van der Waals surface area contributed by atoms with Crippen molar-refractivity contribution in [1.29, 1.82) is 0 Å². The minimum absolute atomic E-state index is 0.163. The molecule has 7 rings (SSSR count). The zero-order valence-electron chi connectivity index (χ0n) is 25.8. The number of aromatic nitrogens is 2. The highest BCUT2D eigenvalue weighted by Gasteiger charge is 2.46. The predicted molar refractivity (Wildman–Crippen MR) is 172 cm³/mol. The molecule has 3 aromatic rings. The molecule has 10 nitrogen and oxygen atoms in total. The Morgan fingerprint density at radius 3 is 2.40 bits per heavy atom. The van der Waals surface area contributed by atoms with Crippen molar-refractivity contribution >= 4 is 41.0 Å². The van der Waals surface area contributed by atoms with Crippen LogP contribution < -0.4 is 15.5 Å². The highest BCUT2D eigenvalue weighted by atomic mass is 35.5. The number of anilines is 2. The third kappa shape index (κ3) is 6.66. The van der Waals surface area contributed by atoms with E-state index >= 15 is 8.78 Å². The Morgan fingerprint density at radius 1 is 0.957 bits per heavy atom. The first kappa shape index (κ1) is 31.4. The van der Waals surface area contributed by atoms with Crippen molar-refractivity contribution in [1.82, 2.24) is 25.1 Å². The summed E-state index contributed by atoms with van der Waals surface area (Å²) in [6.45, 7) is 2.55. The first-order valence-corrected chi connectivity index (χ1v) is 16.5. The van der Waals surface area contributed by atoms with E-state index in [0.29, 0.717) is 47.2 Å². The van der Waals surface area contributed by atoms with Crippen molar-refractivity contribution in [2.45, 2.75) is 69.1 Å². The molecule has 1 unspecified atom stereocenters. The van der Waals surface area contributed by atoms with E-state index in [-0.39, 0.29) is 43.8 Å². The van der Waals surface area contributed by atoms with Crippen molar-refractivity contribution in [2.24, 2.45) is 0 Å². The molecule has 3 amide bonds. The van der Waals surface area contributed by atoms with Crippen molar-refractivity contribution in [3.63, 3.8) is 0 Å². The van der Waals surface area contributed by atoms with Crippen LogP contribution in [0.5, 0.6) is 0 Å². The number of imide groups is 1. The second-order valence-electron chi connectivity index (χ2n) is 12.9. The molecular weight excluding hydrogens is 628 g/mol. The molecular formula is C34H36ClF2N7O3. The molecule has 0 saturated carbocycles. The van der Waals surface area contributed by atoms with Gasteiger partial charge in [-0.25, -0.2) is 18.7 Å². The molecule has 4 aliphatic heterocycles. The molecule has 0 radical (unpaired) electrons. The Labute approximate surface area is 276 Å². The fraction of sp³-hybridized carbons (Fsp3) is 0.441. The number of carbonyl (C=O) groups excluding carboxylic acids is 3. The molecule has 5 heterocycles. The number of rotatable bonds is 7. The predicted octanol–water partition coefficient (Wildman–Crippen LogP) is 4.60. The van der Waals surface area contributed by atoms with E-state index in [9.17, 15) is 14.4 Å². The monoisotopic (exact) mass is 663 g/mol. The zero-order chi connectivity index (χ0) is 32.7. The normalized spacial score (nSPS) is 23.5. The standard InChI is InChI=1S/C34H36ClF2N7O3/c35-24-16-38-33(39-17-24)40-25-9-13-43(14-10-25)26-4-1-21(2-5-26)18-42-12-11-28(34(36,37)20-42)22-3-6-27-23(15-22)19-44(32(27)47)29-7-8-30(45)41-31(29)46/h1-6,15-17,25,28-29H,7-14,18-20H2,(H,38,39,40)(H,41,45,46)/t28-,29?/m0/s1. The topological polar surface area (TPSA) is 111 Å². The number of fused-ring (bicyclic) bond motifs is 1. The number of amides is 3.